The Morgan fingerprint density at radius 3 is 2.50 bits per heavy atom. The monoisotopic (exact) mass is 556 g/mol. The number of amides is 1. The second-order valence-corrected chi connectivity index (χ2v) is 10.4. The minimum absolute atomic E-state index is 0.00885. The van der Waals surface area contributed by atoms with Crippen LogP contribution in [-0.2, 0) is 6.18 Å². The molecule has 2 saturated heterocycles. The number of likely N-dealkylation sites (tertiary alicyclic amines) is 2. The van der Waals surface area contributed by atoms with E-state index in [9.17, 15) is 22.4 Å². The zero-order valence-electron chi connectivity index (χ0n) is 22.3. The molecule has 3 heterocycles. The summed E-state index contributed by atoms with van der Waals surface area (Å²) < 4.78 is 60.4. The molecule has 40 heavy (non-hydrogen) atoms. The molecule has 2 aliphatic heterocycles. The highest BCUT2D eigenvalue weighted by Crippen LogP contribution is 2.39. The molecule has 1 aromatic heterocycles. The molecule has 0 saturated carbocycles. The van der Waals surface area contributed by atoms with Gasteiger partial charge in [0.05, 0.1) is 5.56 Å². The number of nitrogens with zero attached hydrogens (tertiary/aromatic N) is 3. The van der Waals surface area contributed by atoms with Gasteiger partial charge in [-0.3, -0.25) is 4.79 Å². The fraction of sp³-hybridized carbons (Fsp3) is 0.400. The smallest absolute Gasteiger partial charge is 0.419 e. The standard InChI is InChI=1S/C30H32F4N4O2/c1-19(24-7-4-8-25(31)27(24)30(32,33)34)40-26-16-22(17-36-28(26)35)20-9-11-21(12-10-20)29(39)38-15-5-6-23(38)18-37-13-2-3-14-37/h4,7-12,16-17,19,23H,2-3,5-6,13-15,18H2,1H3,(H2,35,36)/t19?,23-/m0/s1. The average Bonchev–Trinajstić information content (AvgIpc) is 3.61. The molecular weight excluding hydrogens is 524 g/mol. The van der Waals surface area contributed by atoms with Crippen LogP contribution in [0.3, 0.4) is 0 Å². The van der Waals surface area contributed by atoms with Gasteiger partial charge in [-0.15, -0.1) is 0 Å². The van der Waals surface area contributed by atoms with Crippen molar-refractivity contribution in [2.45, 2.75) is 50.9 Å². The van der Waals surface area contributed by atoms with E-state index in [2.05, 4.69) is 9.88 Å². The Bertz CT molecular complexity index is 1360. The number of halogens is 4. The number of nitrogens with two attached hydrogens (primary N) is 1. The van der Waals surface area contributed by atoms with Gasteiger partial charge < -0.3 is 20.3 Å². The van der Waals surface area contributed by atoms with Crippen molar-refractivity contribution in [2.75, 3.05) is 31.9 Å². The Morgan fingerprint density at radius 2 is 1.80 bits per heavy atom. The van der Waals surface area contributed by atoms with Crippen LogP contribution in [0.15, 0.2) is 54.7 Å². The van der Waals surface area contributed by atoms with E-state index in [4.69, 9.17) is 10.5 Å². The van der Waals surface area contributed by atoms with E-state index in [0.29, 0.717) is 11.1 Å². The summed E-state index contributed by atoms with van der Waals surface area (Å²) in [7, 11) is 0. The molecule has 2 fully saturated rings. The maximum Gasteiger partial charge on any atom is 0.419 e. The average molecular weight is 557 g/mol. The first-order valence-electron chi connectivity index (χ1n) is 13.5. The van der Waals surface area contributed by atoms with Crippen LogP contribution in [-0.4, -0.2) is 52.9 Å². The van der Waals surface area contributed by atoms with Gasteiger partial charge in [0.2, 0.25) is 0 Å². The van der Waals surface area contributed by atoms with E-state index in [0.717, 1.165) is 50.7 Å². The van der Waals surface area contributed by atoms with Gasteiger partial charge in [-0.1, -0.05) is 24.3 Å². The lowest BCUT2D eigenvalue weighted by Gasteiger charge is -2.28. The van der Waals surface area contributed by atoms with Crippen molar-refractivity contribution in [3.8, 4) is 16.9 Å². The minimum Gasteiger partial charge on any atom is -0.482 e. The van der Waals surface area contributed by atoms with Gasteiger partial charge in [0.15, 0.2) is 11.6 Å². The normalized spacial score (nSPS) is 18.7. The topological polar surface area (TPSA) is 71.7 Å². The molecule has 10 heteroatoms. The molecule has 6 nitrogen and oxygen atoms in total. The molecule has 0 radical (unpaired) electrons. The lowest BCUT2D eigenvalue weighted by atomic mass is 10.0. The van der Waals surface area contributed by atoms with Gasteiger partial charge in [-0.25, -0.2) is 9.37 Å². The highest BCUT2D eigenvalue weighted by molar-refractivity contribution is 5.95. The van der Waals surface area contributed by atoms with E-state index < -0.39 is 23.7 Å². The van der Waals surface area contributed by atoms with E-state index in [1.807, 2.05) is 4.90 Å². The third kappa shape index (κ3) is 5.91. The van der Waals surface area contributed by atoms with Crippen LogP contribution in [0.4, 0.5) is 23.4 Å². The number of nitrogen functional groups attached to an aromatic ring is 1. The first kappa shape index (κ1) is 27.9. The number of aromatic nitrogens is 1. The molecule has 0 bridgehead atoms. The fourth-order valence-electron chi connectivity index (χ4n) is 5.67. The molecule has 212 valence electrons. The number of hydrogen-bond donors (Lipinski definition) is 1. The Balaban J connectivity index is 1.32. The molecule has 0 spiro atoms. The molecule has 0 aliphatic carbocycles. The van der Waals surface area contributed by atoms with Crippen LogP contribution < -0.4 is 10.5 Å². The summed E-state index contributed by atoms with van der Waals surface area (Å²) in [4.78, 5) is 21.9. The summed E-state index contributed by atoms with van der Waals surface area (Å²) in [5.41, 5.74) is 6.19. The fourth-order valence-corrected chi connectivity index (χ4v) is 5.67. The lowest BCUT2D eigenvalue weighted by molar-refractivity contribution is -0.141. The van der Waals surface area contributed by atoms with E-state index in [1.54, 1.807) is 30.3 Å². The maximum absolute atomic E-state index is 14.1. The van der Waals surface area contributed by atoms with Gasteiger partial charge in [0, 0.05) is 42.0 Å². The van der Waals surface area contributed by atoms with Gasteiger partial charge >= 0.3 is 6.18 Å². The van der Waals surface area contributed by atoms with Crippen molar-refractivity contribution in [1.82, 2.24) is 14.8 Å². The number of hydrogen-bond acceptors (Lipinski definition) is 5. The molecular formula is C30H32F4N4O2. The number of pyridine rings is 1. The summed E-state index contributed by atoms with van der Waals surface area (Å²) in [5, 5.41) is 0. The predicted octanol–water partition coefficient (Wildman–Crippen LogP) is 6.33. The van der Waals surface area contributed by atoms with Crippen LogP contribution in [0.25, 0.3) is 11.1 Å². The van der Waals surface area contributed by atoms with Crippen LogP contribution in [0, 0.1) is 5.82 Å². The zero-order valence-corrected chi connectivity index (χ0v) is 22.3. The summed E-state index contributed by atoms with van der Waals surface area (Å²) in [6.45, 7) is 5.26. The van der Waals surface area contributed by atoms with Gasteiger partial charge in [-0.2, -0.15) is 13.2 Å². The largest absolute Gasteiger partial charge is 0.482 e. The molecule has 3 aromatic rings. The highest BCUT2D eigenvalue weighted by Gasteiger charge is 2.38. The molecule has 2 aromatic carbocycles. The lowest BCUT2D eigenvalue weighted by Crippen LogP contribution is -2.42. The number of rotatable bonds is 7. The minimum atomic E-state index is -4.88. The maximum atomic E-state index is 14.1. The van der Waals surface area contributed by atoms with Crippen LogP contribution in [0.5, 0.6) is 5.75 Å². The predicted molar refractivity (Wildman–Crippen MR) is 144 cm³/mol. The third-order valence-corrected chi connectivity index (χ3v) is 7.72. The Morgan fingerprint density at radius 1 is 1.07 bits per heavy atom. The third-order valence-electron chi connectivity index (χ3n) is 7.72. The van der Waals surface area contributed by atoms with Crippen molar-refractivity contribution in [1.29, 1.82) is 0 Å². The molecule has 5 rings (SSSR count). The van der Waals surface area contributed by atoms with Gasteiger partial charge in [-0.05, 0) is 75.5 Å². The SMILES string of the molecule is CC(Oc1cc(-c2ccc(C(=O)N3CCC[C@H]3CN3CCCC3)cc2)cnc1N)c1cccc(F)c1C(F)(F)F. The van der Waals surface area contributed by atoms with Crippen LogP contribution in [0.1, 0.15) is 60.2 Å². The summed E-state index contributed by atoms with van der Waals surface area (Å²) in [5.74, 6) is -1.29. The first-order chi connectivity index (χ1) is 19.1. The number of carbonyl (C=O) groups excluding carboxylic acids is 1. The Kier molecular flexibility index (Phi) is 7.98. The Hall–Kier alpha value is -3.66. The Labute approximate surface area is 230 Å². The summed E-state index contributed by atoms with van der Waals surface area (Å²) >= 11 is 0. The number of alkyl halides is 3. The van der Waals surface area contributed by atoms with Crippen LogP contribution >= 0.6 is 0 Å². The van der Waals surface area contributed by atoms with Crippen molar-refractivity contribution in [2.24, 2.45) is 0 Å². The van der Waals surface area contributed by atoms with Crippen LogP contribution in [0.2, 0.25) is 0 Å². The highest BCUT2D eigenvalue weighted by atomic mass is 19.4. The molecule has 2 N–H and O–H groups in total. The van der Waals surface area contributed by atoms with Crippen molar-refractivity contribution in [3.63, 3.8) is 0 Å². The van der Waals surface area contributed by atoms with Gasteiger partial charge in [0.25, 0.3) is 5.91 Å². The first-order valence-corrected chi connectivity index (χ1v) is 13.5. The number of ether oxygens (including phenoxy) is 1. The number of anilines is 1. The number of benzene rings is 2. The number of carbonyl (C=O) groups is 1. The van der Waals surface area contributed by atoms with Crippen molar-refractivity contribution < 1.29 is 27.1 Å². The molecule has 1 unspecified atom stereocenters. The summed E-state index contributed by atoms with van der Waals surface area (Å²) in [6.07, 6.45) is -0.0631. The van der Waals surface area contributed by atoms with E-state index >= 15 is 0 Å². The quantitative estimate of drug-likeness (QED) is 0.345. The summed E-state index contributed by atoms with van der Waals surface area (Å²) in [6, 6.07) is 12.1. The second-order valence-electron chi connectivity index (χ2n) is 10.4. The van der Waals surface area contributed by atoms with E-state index in [1.165, 1.54) is 38.1 Å². The molecule has 2 atom stereocenters. The zero-order chi connectivity index (χ0) is 28.4. The van der Waals surface area contributed by atoms with E-state index in [-0.39, 0.29) is 29.1 Å². The van der Waals surface area contributed by atoms with Crippen molar-refractivity contribution in [3.05, 3.63) is 77.2 Å². The molecule has 2 aliphatic rings. The molecule has 1 amide bonds. The van der Waals surface area contributed by atoms with Gasteiger partial charge in [0.1, 0.15) is 11.9 Å². The second kappa shape index (κ2) is 11.4. The van der Waals surface area contributed by atoms with Crippen molar-refractivity contribution >= 4 is 11.7 Å².